The first-order valence-corrected chi connectivity index (χ1v) is 8.55. The monoisotopic (exact) mass is 356 g/mol. The van der Waals surface area contributed by atoms with Crippen LogP contribution in [0.5, 0.6) is 0 Å². The lowest BCUT2D eigenvalue weighted by molar-refractivity contribution is 0.102. The fourth-order valence-corrected chi connectivity index (χ4v) is 3.91. The van der Waals surface area contributed by atoms with Crippen LogP contribution in [0.4, 0.5) is 5.13 Å². The quantitative estimate of drug-likeness (QED) is 0.576. The van der Waals surface area contributed by atoms with Crippen LogP contribution in [0.15, 0.2) is 36.5 Å². The second-order valence-corrected chi connectivity index (χ2v) is 6.90. The number of nitrogens with one attached hydrogen (secondary N) is 1. The molecule has 3 aromatic heterocycles. The van der Waals surface area contributed by atoms with E-state index in [-0.39, 0.29) is 5.91 Å². The normalized spacial score (nSPS) is 11.3. The zero-order valence-electron chi connectivity index (χ0n) is 13.0. The fourth-order valence-electron chi connectivity index (χ4n) is 2.70. The number of nitrogens with zero attached hydrogens (tertiary/aromatic N) is 3. The number of aromatic nitrogens is 3. The van der Waals surface area contributed by atoms with Crippen LogP contribution in [0.1, 0.15) is 21.7 Å². The van der Waals surface area contributed by atoms with E-state index in [1.807, 2.05) is 50.4 Å². The van der Waals surface area contributed by atoms with E-state index in [9.17, 15) is 4.79 Å². The Hall–Kier alpha value is -2.44. The third-order valence-electron chi connectivity index (χ3n) is 3.84. The number of anilines is 1. The average molecular weight is 357 g/mol. The second-order valence-electron chi connectivity index (χ2n) is 5.49. The van der Waals surface area contributed by atoms with Crippen LogP contribution >= 0.6 is 22.9 Å². The molecule has 0 saturated carbocycles. The largest absolute Gasteiger partial charge is 0.296 e. The summed E-state index contributed by atoms with van der Waals surface area (Å²) in [6.45, 7) is 3.79. The van der Waals surface area contributed by atoms with E-state index < -0.39 is 0 Å². The third-order valence-corrected chi connectivity index (χ3v) is 5.27. The van der Waals surface area contributed by atoms with Gasteiger partial charge in [0.25, 0.3) is 5.91 Å². The van der Waals surface area contributed by atoms with Gasteiger partial charge in [0.15, 0.2) is 5.13 Å². The number of fused-ring (bicyclic) bond motifs is 2. The van der Waals surface area contributed by atoms with Crippen molar-refractivity contribution in [2.24, 2.45) is 0 Å². The molecule has 1 amide bonds. The van der Waals surface area contributed by atoms with Gasteiger partial charge in [-0.3, -0.25) is 14.5 Å². The summed E-state index contributed by atoms with van der Waals surface area (Å²) in [5.41, 5.74) is 3.76. The summed E-state index contributed by atoms with van der Waals surface area (Å²) in [6.07, 6.45) is 1.82. The van der Waals surface area contributed by atoms with Crippen molar-refractivity contribution < 1.29 is 4.79 Å². The van der Waals surface area contributed by atoms with E-state index in [0.29, 0.717) is 21.5 Å². The molecular formula is C17H13ClN4OS. The molecule has 0 radical (unpaired) electrons. The van der Waals surface area contributed by atoms with Crippen molar-refractivity contribution in [2.75, 3.05) is 5.32 Å². The standard InChI is InChI=1S/C17H13ClN4OS/c1-9-6-7-11(18)15-13(9)20-17(24-15)21-16(23)14-10(2)19-12-5-3-4-8-22(12)14/h3-8H,1-2H3,(H,20,21,23). The maximum atomic E-state index is 12.7. The number of amides is 1. The molecule has 4 aromatic rings. The van der Waals surface area contributed by atoms with Crippen molar-refractivity contribution in [3.05, 3.63) is 58.5 Å². The van der Waals surface area contributed by atoms with E-state index in [1.165, 1.54) is 11.3 Å². The Morgan fingerprint density at radius 1 is 1.21 bits per heavy atom. The maximum Gasteiger partial charge on any atom is 0.276 e. The Balaban J connectivity index is 1.75. The minimum absolute atomic E-state index is 0.237. The highest BCUT2D eigenvalue weighted by atomic mass is 35.5. The summed E-state index contributed by atoms with van der Waals surface area (Å²) >= 11 is 7.60. The molecule has 4 rings (SSSR count). The number of pyridine rings is 1. The highest BCUT2D eigenvalue weighted by molar-refractivity contribution is 7.23. The summed E-state index contributed by atoms with van der Waals surface area (Å²) < 4.78 is 2.65. The molecule has 24 heavy (non-hydrogen) atoms. The van der Waals surface area contributed by atoms with Gasteiger partial charge in [-0.1, -0.05) is 35.1 Å². The Morgan fingerprint density at radius 2 is 2.04 bits per heavy atom. The number of imidazole rings is 1. The highest BCUT2D eigenvalue weighted by Gasteiger charge is 2.18. The van der Waals surface area contributed by atoms with Crippen LogP contribution in [0, 0.1) is 13.8 Å². The van der Waals surface area contributed by atoms with Gasteiger partial charge in [-0.15, -0.1) is 0 Å². The number of thiazole rings is 1. The molecule has 0 atom stereocenters. The Kier molecular flexibility index (Phi) is 3.51. The molecule has 0 unspecified atom stereocenters. The topological polar surface area (TPSA) is 59.3 Å². The molecular weight excluding hydrogens is 344 g/mol. The van der Waals surface area contributed by atoms with Crippen molar-refractivity contribution in [1.82, 2.24) is 14.4 Å². The van der Waals surface area contributed by atoms with Gasteiger partial charge in [0.1, 0.15) is 11.3 Å². The number of hydrogen-bond donors (Lipinski definition) is 1. The molecule has 120 valence electrons. The van der Waals surface area contributed by atoms with Gasteiger partial charge in [-0.2, -0.15) is 0 Å². The second kappa shape index (κ2) is 5.58. The number of aryl methyl sites for hydroxylation is 2. The first-order chi connectivity index (χ1) is 11.5. The van der Waals surface area contributed by atoms with Crippen LogP contribution in [0.3, 0.4) is 0 Å². The summed E-state index contributed by atoms with van der Waals surface area (Å²) in [5.74, 6) is -0.237. The van der Waals surface area contributed by atoms with Gasteiger partial charge in [0, 0.05) is 6.20 Å². The third kappa shape index (κ3) is 2.35. The minimum Gasteiger partial charge on any atom is -0.296 e. The van der Waals surface area contributed by atoms with Gasteiger partial charge in [-0.05, 0) is 37.6 Å². The predicted octanol–water partition coefficient (Wildman–Crippen LogP) is 4.47. The minimum atomic E-state index is -0.237. The Labute approximate surface area is 146 Å². The first kappa shape index (κ1) is 15.1. The zero-order chi connectivity index (χ0) is 16.8. The molecule has 0 fully saturated rings. The number of rotatable bonds is 2. The first-order valence-electron chi connectivity index (χ1n) is 7.35. The number of carbonyl (C=O) groups excluding carboxylic acids is 1. The van der Waals surface area contributed by atoms with E-state index in [0.717, 1.165) is 21.4 Å². The van der Waals surface area contributed by atoms with Gasteiger partial charge in [0.05, 0.1) is 20.9 Å². The zero-order valence-corrected chi connectivity index (χ0v) is 14.6. The molecule has 0 saturated heterocycles. The van der Waals surface area contributed by atoms with E-state index >= 15 is 0 Å². The summed E-state index contributed by atoms with van der Waals surface area (Å²) in [6, 6.07) is 9.39. The molecule has 1 N–H and O–H groups in total. The van der Waals surface area contributed by atoms with Crippen LogP contribution in [-0.4, -0.2) is 20.3 Å². The van der Waals surface area contributed by atoms with Gasteiger partial charge >= 0.3 is 0 Å². The SMILES string of the molecule is Cc1nc2ccccn2c1C(=O)Nc1nc2c(C)ccc(Cl)c2s1. The van der Waals surface area contributed by atoms with Crippen molar-refractivity contribution in [2.45, 2.75) is 13.8 Å². The summed E-state index contributed by atoms with van der Waals surface area (Å²) in [7, 11) is 0. The van der Waals surface area contributed by atoms with Crippen LogP contribution in [0.25, 0.3) is 15.9 Å². The van der Waals surface area contributed by atoms with Gasteiger partial charge in [0.2, 0.25) is 0 Å². The van der Waals surface area contributed by atoms with Crippen molar-refractivity contribution in [1.29, 1.82) is 0 Å². The molecule has 1 aromatic carbocycles. The molecule has 5 nitrogen and oxygen atoms in total. The molecule has 7 heteroatoms. The number of benzene rings is 1. The Bertz CT molecular complexity index is 1060. The average Bonchev–Trinajstić information content (AvgIpc) is 3.11. The molecule has 3 heterocycles. The number of hydrogen-bond acceptors (Lipinski definition) is 4. The van der Waals surface area contributed by atoms with E-state index in [4.69, 9.17) is 11.6 Å². The lowest BCUT2D eigenvalue weighted by Crippen LogP contribution is -2.15. The number of halogens is 1. The predicted molar refractivity (Wildman–Crippen MR) is 97.2 cm³/mol. The molecule has 0 aliphatic heterocycles. The lowest BCUT2D eigenvalue weighted by Gasteiger charge is -2.02. The Morgan fingerprint density at radius 3 is 2.83 bits per heavy atom. The van der Waals surface area contributed by atoms with Crippen molar-refractivity contribution >= 4 is 49.8 Å². The summed E-state index contributed by atoms with van der Waals surface area (Å²) in [5, 5.41) is 4.03. The molecule has 0 aliphatic rings. The van der Waals surface area contributed by atoms with Crippen LogP contribution < -0.4 is 5.32 Å². The highest BCUT2D eigenvalue weighted by Crippen LogP contribution is 2.34. The van der Waals surface area contributed by atoms with Gasteiger partial charge < -0.3 is 0 Å². The maximum absolute atomic E-state index is 12.7. The fraction of sp³-hybridized carbons (Fsp3) is 0.118. The van der Waals surface area contributed by atoms with Crippen molar-refractivity contribution in [3.8, 4) is 0 Å². The van der Waals surface area contributed by atoms with Crippen LogP contribution in [0.2, 0.25) is 5.02 Å². The lowest BCUT2D eigenvalue weighted by atomic mass is 10.2. The van der Waals surface area contributed by atoms with E-state index in [1.54, 1.807) is 4.40 Å². The number of carbonyl (C=O) groups is 1. The van der Waals surface area contributed by atoms with Crippen molar-refractivity contribution in [3.63, 3.8) is 0 Å². The van der Waals surface area contributed by atoms with Crippen LogP contribution in [-0.2, 0) is 0 Å². The summed E-state index contributed by atoms with van der Waals surface area (Å²) in [4.78, 5) is 21.6. The molecule has 0 spiro atoms. The molecule has 0 aliphatic carbocycles. The smallest absolute Gasteiger partial charge is 0.276 e. The van der Waals surface area contributed by atoms with Gasteiger partial charge in [-0.25, -0.2) is 9.97 Å². The molecule has 0 bridgehead atoms. The van der Waals surface area contributed by atoms with E-state index in [2.05, 4.69) is 15.3 Å².